The third-order valence-corrected chi connectivity index (χ3v) is 2.95. The van der Waals surface area contributed by atoms with Crippen LogP contribution < -0.4 is 0 Å². The lowest BCUT2D eigenvalue weighted by Gasteiger charge is -2.14. The Morgan fingerprint density at radius 1 is 1.42 bits per heavy atom. The van der Waals surface area contributed by atoms with Crippen LogP contribution >= 0.6 is 0 Å². The van der Waals surface area contributed by atoms with Crippen molar-refractivity contribution in [1.29, 1.82) is 0 Å². The molecule has 70 valence electrons. The van der Waals surface area contributed by atoms with Crippen LogP contribution in [0.15, 0.2) is 0 Å². The average molecular weight is 170 g/mol. The molecule has 2 fully saturated rings. The van der Waals surface area contributed by atoms with Crippen molar-refractivity contribution in [1.82, 2.24) is 0 Å². The van der Waals surface area contributed by atoms with E-state index in [-0.39, 0.29) is 0 Å². The molecule has 0 aromatic carbocycles. The Morgan fingerprint density at radius 2 is 2.08 bits per heavy atom. The maximum absolute atomic E-state index is 5.72. The third-order valence-electron chi connectivity index (χ3n) is 2.95. The molecule has 2 rings (SSSR count). The molecule has 0 radical (unpaired) electrons. The van der Waals surface area contributed by atoms with Gasteiger partial charge < -0.3 is 9.47 Å². The smallest absolute Gasteiger partial charge is 0.107 e. The lowest BCUT2D eigenvalue weighted by atomic mass is 10.1. The van der Waals surface area contributed by atoms with Gasteiger partial charge in [0.1, 0.15) is 6.10 Å². The molecule has 0 N–H and O–H groups in total. The summed E-state index contributed by atoms with van der Waals surface area (Å²) in [6.07, 6.45) is 6.29. The van der Waals surface area contributed by atoms with Crippen molar-refractivity contribution >= 4 is 0 Å². The fourth-order valence-corrected chi connectivity index (χ4v) is 1.90. The second-order valence-corrected chi connectivity index (χ2v) is 4.06. The molecule has 2 nitrogen and oxygen atoms in total. The maximum atomic E-state index is 5.72. The molecule has 2 aliphatic rings. The summed E-state index contributed by atoms with van der Waals surface area (Å²) in [5.74, 6) is 0.839. The van der Waals surface area contributed by atoms with Gasteiger partial charge >= 0.3 is 0 Å². The van der Waals surface area contributed by atoms with Crippen molar-refractivity contribution in [2.24, 2.45) is 5.92 Å². The van der Waals surface area contributed by atoms with Crippen molar-refractivity contribution < 1.29 is 9.47 Å². The monoisotopic (exact) mass is 170 g/mol. The molecule has 2 atom stereocenters. The first kappa shape index (κ1) is 8.52. The molecular weight excluding hydrogens is 152 g/mol. The van der Waals surface area contributed by atoms with Gasteiger partial charge in [0.15, 0.2) is 0 Å². The van der Waals surface area contributed by atoms with Gasteiger partial charge in [-0.2, -0.15) is 0 Å². The zero-order chi connectivity index (χ0) is 8.39. The highest BCUT2D eigenvalue weighted by atomic mass is 16.6. The van der Waals surface area contributed by atoms with Crippen LogP contribution in [0.1, 0.15) is 32.6 Å². The van der Waals surface area contributed by atoms with Crippen LogP contribution in [0.2, 0.25) is 0 Å². The van der Waals surface area contributed by atoms with Gasteiger partial charge in [-0.15, -0.1) is 0 Å². The zero-order valence-electron chi connectivity index (χ0n) is 7.79. The predicted octanol–water partition coefficient (Wildman–Crippen LogP) is 1.98. The Labute approximate surface area is 74.2 Å². The molecule has 1 saturated heterocycles. The van der Waals surface area contributed by atoms with Crippen LogP contribution in [0.5, 0.6) is 0 Å². The van der Waals surface area contributed by atoms with Gasteiger partial charge in [0.2, 0.25) is 0 Å². The normalized spacial score (nSPS) is 32.2. The third kappa shape index (κ3) is 2.20. The van der Waals surface area contributed by atoms with E-state index in [1.54, 1.807) is 0 Å². The fraction of sp³-hybridized carbons (Fsp3) is 1.00. The van der Waals surface area contributed by atoms with E-state index in [1.807, 2.05) is 0 Å². The minimum absolute atomic E-state index is 0.325. The quantitative estimate of drug-likeness (QED) is 0.602. The molecule has 12 heavy (non-hydrogen) atoms. The van der Waals surface area contributed by atoms with Crippen molar-refractivity contribution in [3.8, 4) is 0 Å². The van der Waals surface area contributed by atoms with E-state index in [0.717, 1.165) is 19.1 Å². The van der Waals surface area contributed by atoms with E-state index < -0.39 is 0 Å². The molecule has 1 aliphatic heterocycles. The fourth-order valence-electron chi connectivity index (χ4n) is 1.90. The van der Waals surface area contributed by atoms with Crippen LogP contribution in [0.3, 0.4) is 0 Å². The van der Waals surface area contributed by atoms with Gasteiger partial charge in [-0.3, -0.25) is 0 Å². The molecule has 1 heterocycles. The lowest BCUT2D eigenvalue weighted by molar-refractivity contribution is 0.0247. The van der Waals surface area contributed by atoms with Crippen molar-refractivity contribution in [3.63, 3.8) is 0 Å². The highest BCUT2D eigenvalue weighted by Gasteiger charge is 2.30. The summed E-state index contributed by atoms with van der Waals surface area (Å²) in [6, 6.07) is 0. The number of hydrogen-bond acceptors (Lipinski definition) is 2. The van der Waals surface area contributed by atoms with E-state index in [1.165, 1.54) is 25.7 Å². The number of epoxide rings is 1. The van der Waals surface area contributed by atoms with Crippen molar-refractivity contribution in [3.05, 3.63) is 0 Å². The summed E-state index contributed by atoms with van der Waals surface area (Å²) in [7, 11) is 0. The summed E-state index contributed by atoms with van der Waals surface area (Å²) < 4.78 is 10.9. The van der Waals surface area contributed by atoms with Crippen molar-refractivity contribution in [2.45, 2.75) is 44.8 Å². The molecule has 0 amide bonds. The summed E-state index contributed by atoms with van der Waals surface area (Å²) in [5.41, 5.74) is 0. The molecule has 2 heteroatoms. The van der Waals surface area contributed by atoms with Gasteiger partial charge in [0, 0.05) is 6.61 Å². The standard InChI is InChI=1S/C10H18O2/c1-8(10-7-12-10)11-6-9-4-2-3-5-9/h8-10H,2-7H2,1H3/t8-,10+/m0/s1. The Hall–Kier alpha value is -0.0800. The Balaban J connectivity index is 1.60. The van der Waals surface area contributed by atoms with E-state index >= 15 is 0 Å². The zero-order valence-corrected chi connectivity index (χ0v) is 7.79. The summed E-state index contributed by atoms with van der Waals surface area (Å²) >= 11 is 0. The first-order valence-electron chi connectivity index (χ1n) is 5.09. The second kappa shape index (κ2) is 3.75. The SMILES string of the molecule is C[C@H](OCC1CCCC1)[C@H]1CO1. The van der Waals surface area contributed by atoms with Crippen LogP contribution in [0.4, 0.5) is 0 Å². The van der Waals surface area contributed by atoms with Crippen LogP contribution in [-0.2, 0) is 9.47 Å². The molecule has 0 spiro atoms. The predicted molar refractivity (Wildman–Crippen MR) is 47.1 cm³/mol. The maximum Gasteiger partial charge on any atom is 0.107 e. The molecular formula is C10H18O2. The molecule has 0 bridgehead atoms. The number of ether oxygens (including phenoxy) is 2. The van der Waals surface area contributed by atoms with Gasteiger partial charge in [-0.1, -0.05) is 12.8 Å². The van der Waals surface area contributed by atoms with Gasteiger partial charge in [-0.25, -0.2) is 0 Å². The number of hydrogen-bond donors (Lipinski definition) is 0. The molecule has 1 aliphatic carbocycles. The Bertz CT molecular complexity index is 135. The van der Waals surface area contributed by atoms with Gasteiger partial charge in [0.25, 0.3) is 0 Å². The second-order valence-electron chi connectivity index (χ2n) is 4.06. The topological polar surface area (TPSA) is 21.8 Å². The summed E-state index contributed by atoms with van der Waals surface area (Å²) in [6.45, 7) is 3.99. The molecule has 1 saturated carbocycles. The lowest BCUT2D eigenvalue weighted by Crippen LogP contribution is -2.19. The first-order chi connectivity index (χ1) is 5.86. The van der Waals surface area contributed by atoms with E-state index in [2.05, 4.69) is 6.92 Å². The van der Waals surface area contributed by atoms with Crippen molar-refractivity contribution in [2.75, 3.05) is 13.2 Å². The minimum atomic E-state index is 0.325. The largest absolute Gasteiger partial charge is 0.375 e. The summed E-state index contributed by atoms with van der Waals surface area (Å²) in [5, 5.41) is 0. The van der Waals surface area contributed by atoms with Crippen LogP contribution in [-0.4, -0.2) is 25.4 Å². The Kier molecular flexibility index (Phi) is 2.66. The average Bonchev–Trinajstić information content (AvgIpc) is 2.80. The highest BCUT2D eigenvalue weighted by molar-refractivity contribution is 4.77. The van der Waals surface area contributed by atoms with E-state index in [9.17, 15) is 0 Å². The Morgan fingerprint density at radius 3 is 2.67 bits per heavy atom. The van der Waals surface area contributed by atoms with Gasteiger partial charge in [0.05, 0.1) is 12.7 Å². The van der Waals surface area contributed by atoms with E-state index in [0.29, 0.717) is 12.2 Å². The highest BCUT2D eigenvalue weighted by Crippen LogP contribution is 2.26. The van der Waals surface area contributed by atoms with Crippen LogP contribution in [0, 0.1) is 5.92 Å². The first-order valence-corrected chi connectivity index (χ1v) is 5.09. The minimum Gasteiger partial charge on any atom is -0.375 e. The van der Waals surface area contributed by atoms with E-state index in [4.69, 9.17) is 9.47 Å². The number of rotatable bonds is 4. The van der Waals surface area contributed by atoms with Gasteiger partial charge in [-0.05, 0) is 25.7 Å². The summed E-state index contributed by atoms with van der Waals surface area (Å²) in [4.78, 5) is 0. The van der Waals surface area contributed by atoms with Crippen LogP contribution in [0.25, 0.3) is 0 Å². The molecule has 0 aromatic rings. The molecule has 0 aromatic heterocycles. The molecule has 0 unspecified atom stereocenters.